The van der Waals surface area contributed by atoms with Gasteiger partial charge in [-0.3, -0.25) is 18.6 Å². The van der Waals surface area contributed by atoms with Crippen LogP contribution in [0.1, 0.15) is 181 Å². The molecule has 0 saturated heterocycles. The van der Waals surface area contributed by atoms with Gasteiger partial charge in [0.2, 0.25) is 0 Å². The molecule has 0 aromatic heterocycles. The number of esters is 2. The van der Waals surface area contributed by atoms with Crippen LogP contribution >= 0.6 is 7.82 Å². The van der Waals surface area contributed by atoms with Gasteiger partial charge < -0.3 is 20.1 Å². The lowest BCUT2D eigenvalue weighted by atomic mass is 10.1. The van der Waals surface area contributed by atoms with Crippen LogP contribution in [-0.2, 0) is 32.7 Å². The first kappa shape index (κ1) is 51.0. The highest BCUT2D eigenvalue weighted by molar-refractivity contribution is 7.47. The third kappa shape index (κ3) is 39.5. The average molecular weight is 768 g/mol. The lowest BCUT2D eigenvalue weighted by Crippen LogP contribution is -2.29. The van der Waals surface area contributed by atoms with Gasteiger partial charge in [-0.15, -0.1) is 0 Å². The van der Waals surface area contributed by atoms with Crippen LogP contribution in [0.4, 0.5) is 0 Å². The van der Waals surface area contributed by atoms with E-state index in [4.69, 9.17) is 24.3 Å². The summed E-state index contributed by atoms with van der Waals surface area (Å²) in [6, 6.07) is 0. The van der Waals surface area contributed by atoms with Crippen LogP contribution < -0.4 is 5.73 Å². The van der Waals surface area contributed by atoms with Crippen molar-refractivity contribution in [1.82, 2.24) is 0 Å². The van der Waals surface area contributed by atoms with E-state index in [1.165, 1.54) is 64.2 Å². The van der Waals surface area contributed by atoms with Gasteiger partial charge in [0.25, 0.3) is 0 Å². The molecule has 0 aliphatic rings. The van der Waals surface area contributed by atoms with Crippen molar-refractivity contribution in [3.63, 3.8) is 0 Å². The van der Waals surface area contributed by atoms with Crippen molar-refractivity contribution < 1.29 is 37.6 Å². The van der Waals surface area contributed by atoms with Crippen molar-refractivity contribution in [1.29, 1.82) is 0 Å². The Hall–Kier alpha value is -2.03. The highest BCUT2D eigenvalue weighted by Crippen LogP contribution is 2.43. The minimum Gasteiger partial charge on any atom is -0.462 e. The molecule has 0 rings (SSSR count). The lowest BCUT2D eigenvalue weighted by molar-refractivity contribution is -0.161. The number of ether oxygens (including phenoxy) is 2. The minimum absolute atomic E-state index is 0.0491. The van der Waals surface area contributed by atoms with Crippen LogP contribution in [0, 0.1) is 0 Å². The molecule has 0 aromatic rings. The summed E-state index contributed by atoms with van der Waals surface area (Å²) in [4.78, 5) is 34.8. The van der Waals surface area contributed by atoms with Gasteiger partial charge >= 0.3 is 19.8 Å². The van der Waals surface area contributed by atoms with Gasteiger partial charge in [-0.05, 0) is 70.6 Å². The first-order valence-electron chi connectivity index (χ1n) is 21.1. The predicted octanol–water partition coefficient (Wildman–Crippen LogP) is 11.9. The Morgan fingerprint density at radius 1 is 0.585 bits per heavy atom. The molecule has 0 fully saturated rings. The van der Waals surface area contributed by atoms with Crippen molar-refractivity contribution >= 4 is 19.8 Å². The molecular formula is C43H78NO8P. The Kier molecular flexibility index (Phi) is 38.1. The fourth-order valence-corrected chi connectivity index (χ4v) is 6.35. The Morgan fingerprint density at radius 3 is 1.57 bits per heavy atom. The molecule has 9 nitrogen and oxygen atoms in total. The summed E-state index contributed by atoms with van der Waals surface area (Å²) < 4.78 is 32.7. The van der Waals surface area contributed by atoms with Gasteiger partial charge in [-0.25, -0.2) is 4.57 Å². The Morgan fingerprint density at radius 2 is 1.04 bits per heavy atom. The number of hydrogen-bond acceptors (Lipinski definition) is 8. The molecule has 0 heterocycles. The number of carbonyl (C=O) groups excluding carboxylic acids is 2. The number of allylic oxidation sites excluding steroid dienone is 8. The average Bonchev–Trinajstić information content (AvgIpc) is 3.14. The zero-order valence-electron chi connectivity index (χ0n) is 33.7. The number of hydrogen-bond donors (Lipinski definition) is 2. The maximum Gasteiger partial charge on any atom is 0.472 e. The highest BCUT2D eigenvalue weighted by atomic mass is 31.2. The van der Waals surface area contributed by atoms with E-state index in [2.05, 4.69) is 62.5 Å². The molecule has 0 bridgehead atoms. The van der Waals surface area contributed by atoms with E-state index < -0.39 is 32.5 Å². The Labute approximate surface area is 324 Å². The first-order valence-corrected chi connectivity index (χ1v) is 22.6. The first-order chi connectivity index (χ1) is 25.8. The fourth-order valence-electron chi connectivity index (χ4n) is 5.58. The van der Waals surface area contributed by atoms with Crippen molar-refractivity contribution in [2.24, 2.45) is 5.73 Å². The van der Waals surface area contributed by atoms with Crippen LogP contribution in [-0.4, -0.2) is 49.3 Å². The highest BCUT2D eigenvalue weighted by Gasteiger charge is 2.26. The summed E-state index contributed by atoms with van der Waals surface area (Å²) in [7, 11) is -4.38. The Balaban J connectivity index is 4.20. The summed E-state index contributed by atoms with van der Waals surface area (Å²) in [5, 5.41) is 0. The molecule has 0 saturated carbocycles. The van der Waals surface area contributed by atoms with Crippen molar-refractivity contribution in [3.8, 4) is 0 Å². The van der Waals surface area contributed by atoms with Crippen molar-refractivity contribution in [2.45, 2.75) is 187 Å². The number of rotatable bonds is 39. The monoisotopic (exact) mass is 768 g/mol. The van der Waals surface area contributed by atoms with Gasteiger partial charge in [-0.1, -0.05) is 146 Å². The molecule has 0 aliphatic heterocycles. The van der Waals surface area contributed by atoms with Gasteiger partial charge in [0, 0.05) is 19.4 Å². The Bertz CT molecular complexity index is 1010. The van der Waals surface area contributed by atoms with Crippen LogP contribution in [0.15, 0.2) is 48.6 Å². The van der Waals surface area contributed by atoms with Gasteiger partial charge in [0.15, 0.2) is 6.10 Å². The zero-order valence-corrected chi connectivity index (χ0v) is 34.6. The normalized spacial score (nSPS) is 13.8. The van der Waals surface area contributed by atoms with E-state index >= 15 is 0 Å². The number of carbonyl (C=O) groups is 2. The topological polar surface area (TPSA) is 134 Å². The van der Waals surface area contributed by atoms with Crippen molar-refractivity contribution in [2.75, 3.05) is 26.4 Å². The third-order valence-electron chi connectivity index (χ3n) is 8.70. The maximum atomic E-state index is 12.6. The number of phosphoric acid groups is 1. The maximum absolute atomic E-state index is 12.6. The largest absolute Gasteiger partial charge is 0.472 e. The number of phosphoric ester groups is 1. The minimum atomic E-state index is -4.38. The molecule has 53 heavy (non-hydrogen) atoms. The second-order valence-corrected chi connectivity index (χ2v) is 15.3. The van der Waals surface area contributed by atoms with Crippen LogP contribution in [0.25, 0.3) is 0 Å². The van der Waals surface area contributed by atoms with E-state index in [-0.39, 0.29) is 32.6 Å². The van der Waals surface area contributed by atoms with E-state index in [9.17, 15) is 19.0 Å². The molecule has 2 atom stereocenters. The van der Waals surface area contributed by atoms with E-state index in [1.54, 1.807) is 0 Å². The number of nitrogens with two attached hydrogens (primary N) is 1. The molecule has 0 aromatic carbocycles. The fraction of sp³-hybridized carbons (Fsp3) is 0.767. The molecule has 3 N–H and O–H groups in total. The molecule has 0 aliphatic carbocycles. The summed E-state index contributed by atoms with van der Waals surface area (Å²) in [6.07, 6.45) is 44.2. The van der Waals surface area contributed by atoms with E-state index in [0.717, 1.165) is 83.5 Å². The molecule has 308 valence electrons. The third-order valence-corrected chi connectivity index (χ3v) is 9.68. The van der Waals surface area contributed by atoms with Crippen LogP contribution in [0.2, 0.25) is 0 Å². The van der Waals surface area contributed by atoms with Gasteiger partial charge in [0.1, 0.15) is 6.61 Å². The summed E-state index contributed by atoms with van der Waals surface area (Å²) in [6.45, 7) is 3.59. The molecule has 10 heteroatoms. The smallest absolute Gasteiger partial charge is 0.462 e. The summed E-state index contributed by atoms with van der Waals surface area (Å²) in [5.74, 6) is -0.851. The van der Waals surface area contributed by atoms with Crippen LogP contribution in [0.5, 0.6) is 0 Å². The molecule has 0 radical (unpaired) electrons. The standard InChI is InChI=1S/C43H78NO8P/c1-3-5-7-9-11-13-15-17-19-20-22-24-26-28-30-32-34-36-43(46)52-41(40-51-53(47,48)50-38-37-44)39-49-42(45)35-33-31-29-27-25-23-21-18-16-14-12-10-8-6-4-2/h5,7,11,13,17-19,21,41H,3-4,6,8-10,12,14-16,20,22-40,44H2,1-2H3,(H,47,48). The second-order valence-electron chi connectivity index (χ2n) is 13.8. The summed E-state index contributed by atoms with van der Waals surface area (Å²) in [5.41, 5.74) is 5.34. The molecule has 0 amide bonds. The quantitative estimate of drug-likeness (QED) is 0.0271. The van der Waals surface area contributed by atoms with Gasteiger partial charge in [0.05, 0.1) is 13.2 Å². The van der Waals surface area contributed by atoms with E-state index in [1.807, 2.05) is 0 Å². The van der Waals surface area contributed by atoms with Crippen LogP contribution in [0.3, 0.4) is 0 Å². The lowest BCUT2D eigenvalue weighted by Gasteiger charge is -2.19. The second kappa shape index (κ2) is 39.7. The zero-order chi connectivity index (χ0) is 38.9. The van der Waals surface area contributed by atoms with Crippen molar-refractivity contribution in [3.05, 3.63) is 48.6 Å². The molecule has 0 spiro atoms. The summed E-state index contributed by atoms with van der Waals surface area (Å²) >= 11 is 0. The molecule has 2 unspecified atom stereocenters. The van der Waals surface area contributed by atoms with Gasteiger partial charge in [-0.2, -0.15) is 0 Å². The van der Waals surface area contributed by atoms with E-state index in [0.29, 0.717) is 6.42 Å². The molecular weight excluding hydrogens is 689 g/mol. The number of unbranched alkanes of at least 4 members (excludes halogenated alkanes) is 18. The SMILES string of the molecule is CCC=CCC=CCC=CCCCCCCCCCC(=O)OC(COC(=O)CCCCCCCC=CCCCCCCCC)COP(=O)(O)OCCN. The predicted molar refractivity (Wildman–Crippen MR) is 220 cm³/mol.